The summed E-state index contributed by atoms with van der Waals surface area (Å²) in [4.78, 5) is 19.7. The molecule has 8 aromatic rings. The van der Waals surface area contributed by atoms with Crippen LogP contribution in [0.3, 0.4) is 0 Å². The lowest BCUT2D eigenvalue weighted by atomic mass is 9.77. The zero-order valence-corrected chi connectivity index (χ0v) is 31.6. The molecule has 2 aromatic heterocycles. The number of carbonyl (C=O) groups is 1. The second-order valence-corrected chi connectivity index (χ2v) is 14.3. The van der Waals surface area contributed by atoms with Crippen LogP contribution >= 0.6 is 0 Å². The number of aromatic carboxylic acids is 1. The highest BCUT2D eigenvalue weighted by Crippen LogP contribution is 2.40. The molecule has 0 saturated carbocycles. The van der Waals surface area contributed by atoms with E-state index in [0.717, 1.165) is 87.0 Å². The summed E-state index contributed by atoms with van der Waals surface area (Å²) in [7, 11) is 0. The Bertz CT molecular complexity index is 2510. The van der Waals surface area contributed by atoms with Crippen LogP contribution in [0, 0.1) is 6.92 Å². The zero-order chi connectivity index (χ0) is 38.5. The van der Waals surface area contributed by atoms with Crippen LogP contribution in [0.5, 0.6) is 0 Å². The van der Waals surface area contributed by atoms with Crippen LogP contribution in [0.4, 0.5) is 0 Å². The van der Waals surface area contributed by atoms with Crippen LogP contribution in [0.1, 0.15) is 75.6 Å². The van der Waals surface area contributed by atoms with Crippen LogP contribution in [-0.4, -0.2) is 36.3 Å². The van der Waals surface area contributed by atoms with Gasteiger partial charge in [-0.15, -0.1) is 15.0 Å². The molecule has 56 heavy (non-hydrogen) atoms. The molecular weight excluding hydrogens is 691 g/mol. The Morgan fingerprint density at radius 1 is 0.696 bits per heavy atom. The van der Waals surface area contributed by atoms with Crippen molar-refractivity contribution < 1.29 is 9.90 Å². The molecule has 0 saturated heterocycles. The fourth-order valence-electron chi connectivity index (χ4n) is 7.94. The largest absolute Gasteiger partial charge is 0.478 e. The normalized spacial score (nSPS) is 11.5. The summed E-state index contributed by atoms with van der Waals surface area (Å²) in [5, 5.41) is 25.9. The standard InChI is InChI=1S/C49H43N5O2/c1-3-4-8-25-44-43(46(48(55)56)42-32-34(2)26-31-45(42)50-44)33-35-27-29-36(30-28-35)40-23-15-16-24-41(40)47-51-53-54(52-47)49(37-17-9-5-10-18-37,38-19-11-6-12-20-38)39-21-13-7-14-22-39/h5-7,9-24,26-32H,3-4,8,25,33H2,1-2H3,(H,55,56). The van der Waals surface area contributed by atoms with Gasteiger partial charge in [-0.1, -0.05) is 171 Å². The first-order valence-corrected chi connectivity index (χ1v) is 19.3. The van der Waals surface area contributed by atoms with Gasteiger partial charge in [0.25, 0.3) is 0 Å². The van der Waals surface area contributed by atoms with Crippen molar-refractivity contribution in [3.8, 4) is 22.5 Å². The third kappa shape index (κ3) is 6.88. The highest BCUT2D eigenvalue weighted by molar-refractivity contribution is 6.04. The summed E-state index contributed by atoms with van der Waals surface area (Å²) in [5.41, 5.74) is 9.75. The van der Waals surface area contributed by atoms with Crippen LogP contribution in [0.25, 0.3) is 33.4 Å². The van der Waals surface area contributed by atoms with E-state index in [0.29, 0.717) is 23.2 Å². The number of aromatic nitrogens is 5. The van der Waals surface area contributed by atoms with Gasteiger partial charge in [0.2, 0.25) is 5.82 Å². The minimum absolute atomic E-state index is 0.353. The molecule has 8 rings (SSSR count). The average Bonchev–Trinajstić information content (AvgIpc) is 3.73. The first-order chi connectivity index (χ1) is 27.5. The monoisotopic (exact) mass is 733 g/mol. The predicted molar refractivity (Wildman–Crippen MR) is 223 cm³/mol. The van der Waals surface area contributed by atoms with E-state index >= 15 is 0 Å². The number of benzene rings is 6. The molecule has 0 fully saturated rings. The summed E-state index contributed by atoms with van der Waals surface area (Å²) in [6.45, 7) is 4.16. The maximum atomic E-state index is 12.9. The van der Waals surface area contributed by atoms with E-state index in [2.05, 4.69) is 73.7 Å². The molecular formula is C49H43N5O2. The molecule has 2 heterocycles. The number of carboxylic acids is 1. The number of unbranched alkanes of at least 4 members (excludes halogenated alkanes) is 2. The van der Waals surface area contributed by atoms with Gasteiger partial charge in [-0.25, -0.2) is 4.79 Å². The van der Waals surface area contributed by atoms with Crippen molar-refractivity contribution >= 4 is 16.9 Å². The third-order valence-electron chi connectivity index (χ3n) is 10.7. The smallest absolute Gasteiger partial charge is 0.336 e. The van der Waals surface area contributed by atoms with Crippen LogP contribution in [-0.2, 0) is 18.4 Å². The van der Waals surface area contributed by atoms with Crippen molar-refractivity contribution in [2.24, 2.45) is 0 Å². The lowest BCUT2D eigenvalue weighted by Gasteiger charge is -2.34. The van der Waals surface area contributed by atoms with Crippen molar-refractivity contribution in [1.29, 1.82) is 0 Å². The molecule has 0 aliphatic carbocycles. The van der Waals surface area contributed by atoms with E-state index in [-0.39, 0.29) is 0 Å². The van der Waals surface area contributed by atoms with E-state index < -0.39 is 11.5 Å². The van der Waals surface area contributed by atoms with E-state index in [4.69, 9.17) is 20.4 Å². The van der Waals surface area contributed by atoms with Crippen LogP contribution < -0.4 is 0 Å². The topological polar surface area (TPSA) is 93.8 Å². The number of pyridine rings is 1. The molecule has 0 amide bonds. The average molecular weight is 734 g/mol. The van der Waals surface area contributed by atoms with E-state index in [1.54, 1.807) is 4.80 Å². The molecule has 0 radical (unpaired) electrons. The number of hydrogen-bond acceptors (Lipinski definition) is 5. The van der Waals surface area contributed by atoms with Crippen molar-refractivity contribution in [3.63, 3.8) is 0 Å². The molecule has 0 bridgehead atoms. The molecule has 7 heteroatoms. The van der Waals surface area contributed by atoms with Crippen molar-refractivity contribution in [2.45, 2.75) is 51.5 Å². The number of tetrazole rings is 1. The van der Waals surface area contributed by atoms with Crippen LogP contribution in [0.2, 0.25) is 0 Å². The Morgan fingerprint density at radius 3 is 1.88 bits per heavy atom. The van der Waals surface area contributed by atoms with Gasteiger partial charge in [-0.2, -0.15) is 0 Å². The van der Waals surface area contributed by atoms with Gasteiger partial charge < -0.3 is 5.11 Å². The highest BCUT2D eigenvalue weighted by atomic mass is 16.4. The van der Waals surface area contributed by atoms with Gasteiger partial charge in [0.05, 0.1) is 11.1 Å². The Labute approximate surface area is 327 Å². The Morgan fingerprint density at radius 2 is 1.29 bits per heavy atom. The van der Waals surface area contributed by atoms with E-state index in [1.807, 2.05) is 97.9 Å². The number of rotatable bonds is 13. The third-order valence-corrected chi connectivity index (χ3v) is 10.7. The first kappa shape index (κ1) is 36.3. The summed E-state index contributed by atoms with van der Waals surface area (Å²) >= 11 is 0. The minimum Gasteiger partial charge on any atom is -0.478 e. The van der Waals surface area contributed by atoms with Gasteiger partial charge in [-0.05, 0) is 76.1 Å². The minimum atomic E-state index is -0.920. The summed E-state index contributed by atoms with van der Waals surface area (Å²) in [6.07, 6.45) is 4.32. The molecule has 0 aliphatic rings. The summed E-state index contributed by atoms with van der Waals surface area (Å²) in [5.74, 6) is -0.408. The van der Waals surface area contributed by atoms with Gasteiger partial charge in [0, 0.05) is 23.1 Å². The Hall–Kier alpha value is -6.73. The molecule has 0 spiro atoms. The quantitative estimate of drug-likeness (QED) is 0.0937. The number of fused-ring (bicyclic) bond motifs is 1. The number of nitrogens with zero attached hydrogens (tertiary/aromatic N) is 5. The second-order valence-electron chi connectivity index (χ2n) is 14.3. The molecule has 0 unspecified atom stereocenters. The maximum Gasteiger partial charge on any atom is 0.336 e. The fourth-order valence-corrected chi connectivity index (χ4v) is 7.94. The SMILES string of the molecule is CCCCCc1nc2ccc(C)cc2c(C(=O)O)c1Cc1ccc(-c2ccccc2-c2nnn(C(c3ccccc3)(c3ccccc3)c3ccccc3)n2)cc1. The maximum absolute atomic E-state index is 12.9. The number of hydrogen-bond donors (Lipinski definition) is 1. The number of aryl methyl sites for hydroxylation is 2. The van der Waals surface area contributed by atoms with Gasteiger partial charge in [-0.3, -0.25) is 4.98 Å². The van der Waals surface area contributed by atoms with E-state index in [9.17, 15) is 9.90 Å². The second kappa shape index (κ2) is 15.9. The predicted octanol–water partition coefficient (Wildman–Crippen LogP) is 10.7. The molecule has 7 nitrogen and oxygen atoms in total. The first-order valence-electron chi connectivity index (χ1n) is 19.3. The van der Waals surface area contributed by atoms with Crippen molar-refractivity contribution in [1.82, 2.24) is 25.2 Å². The lowest BCUT2D eigenvalue weighted by Crippen LogP contribution is -2.39. The molecule has 0 aliphatic heterocycles. The lowest BCUT2D eigenvalue weighted by molar-refractivity contribution is 0.0697. The van der Waals surface area contributed by atoms with E-state index in [1.165, 1.54) is 0 Å². The van der Waals surface area contributed by atoms with Crippen molar-refractivity contribution in [2.75, 3.05) is 0 Å². The van der Waals surface area contributed by atoms with Crippen LogP contribution in [0.15, 0.2) is 158 Å². The molecule has 6 aromatic carbocycles. The zero-order valence-electron chi connectivity index (χ0n) is 31.6. The highest BCUT2D eigenvalue weighted by Gasteiger charge is 2.41. The Balaban J connectivity index is 1.18. The van der Waals surface area contributed by atoms with Crippen molar-refractivity contribution in [3.05, 3.63) is 202 Å². The molecule has 1 N–H and O–H groups in total. The Kier molecular flexibility index (Phi) is 10.3. The van der Waals surface area contributed by atoms with Gasteiger partial charge >= 0.3 is 5.97 Å². The fraction of sp³-hybridized carbons (Fsp3) is 0.163. The summed E-state index contributed by atoms with van der Waals surface area (Å²) < 4.78 is 0. The van der Waals surface area contributed by atoms with Gasteiger partial charge in [0.1, 0.15) is 0 Å². The molecule has 0 atom stereocenters. The van der Waals surface area contributed by atoms with Gasteiger partial charge in [0.15, 0.2) is 5.54 Å². The number of carboxylic acid groups (broad SMARTS) is 1. The summed E-state index contributed by atoms with van der Waals surface area (Å²) in [6, 6.07) is 53.3. The molecule has 276 valence electrons.